The largest absolute Gasteiger partial charge is 0.491 e. The molecule has 122 valence electrons. The van der Waals surface area contributed by atoms with E-state index < -0.39 is 0 Å². The number of likely N-dealkylation sites (tertiary alicyclic amines) is 1. The molecule has 0 aliphatic carbocycles. The van der Waals surface area contributed by atoms with Crippen molar-refractivity contribution >= 4 is 11.6 Å². The maximum Gasteiger partial charge on any atom is 0.137 e. The van der Waals surface area contributed by atoms with Crippen LogP contribution in [-0.4, -0.2) is 42.9 Å². The second-order valence-corrected chi connectivity index (χ2v) is 6.72. The number of ether oxygens (including phenoxy) is 1. The minimum atomic E-state index is -0.0263. The van der Waals surface area contributed by atoms with E-state index in [0.717, 1.165) is 50.2 Å². The summed E-state index contributed by atoms with van der Waals surface area (Å²) in [7, 11) is 0. The summed E-state index contributed by atoms with van der Waals surface area (Å²) < 4.78 is 5.80. The number of allylic oxidation sites excluding steroid dienone is 1. The number of nitrogens with zero attached hydrogens (tertiary/aromatic N) is 1. The third-order valence-electron chi connectivity index (χ3n) is 4.41. The van der Waals surface area contributed by atoms with Crippen LogP contribution in [0.2, 0.25) is 5.02 Å². The highest BCUT2D eigenvalue weighted by molar-refractivity contribution is 6.32. The number of aliphatic hydroxyl groups excluding tert-OH is 1. The van der Waals surface area contributed by atoms with Gasteiger partial charge in [0.2, 0.25) is 0 Å². The van der Waals surface area contributed by atoms with Crippen molar-refractivity contribution in [1.29, 1.82) is 0 Å². The van der Waals surface area contributed by atoms with E-state index in [1.165, 1.54) is 0 Å². The third kappa shape index (κ3) is 4.48. The van der Waals surface area contributed by atoms with Crippen molar-refractivity contribution in [3.05, 3.63) is 41.4 Å². The first-order valence-electron chi connectivity index (χ1n) is 7.92. The fraction of sp³-hybridized carbons (Fsp3) is 0.556. The molecule has 4 heteroatoms. The Kier molecular flexibility index (Phi) is 6.30. The molecule has 1 fully saturated rings. The van der Waals surface area contributed by atoms with Gasteiger partial charge in [0.1, 0.15) is 12.4 Å². The molecule has 1 aromatic rings. The summed E-state index contributed by atoms with van der Waals surface area (Å²) in [6.45, 7) is 9.48. The Bertz CT molecular complexity index is 506. The Morgan fingerprint density at radius 3 is 3.00 bits per heavy atom. The lowest BCUT2D eigenvalue weighted by atomic mass is 9.78. The van der Waals surface area contributed by atoms with E-state index in [2.05, 4.69) is 11.5 Å². The van der Waals surface area contributed by atoms with Gasteiger partial charge < -0.3 is 9.84 Å². The molecule has 0 amide bonds. The van der Waals surface area contributed by atoms with Crippen molar-refractivity contribution in [2.45, 2.75) is 26.2 Å². The highest BCUT2D eigenvalue weighted by atomic mass is 35.5. The molecule has 1 aliphatic rings. The summed E-state index contributed by atoms with van der Waals surface area (Å²) in [5.74, 6) is 0.740. The zero-order valence-electron chi connectivity index (χ0n) is 13.4. The molecule has 0 bridgehead atoms. The van der Waals surface area contributed by atoms with E-state index in [0.29, 0.717) is 11.6 Å². The molecule has 2 rings (SSSR count). The van der Waals surface area contributed by atoms with Crippen LogP contribution < -0.4 is 4.74 Å². The molecule has 0 radical (unpaired) electrons. The van der Waals surface area contributed by atoms with Gasteiger partial charge in [-0.05, 0) is 50.4 Å². The van der Waals surface area contributed by atoms with Crippen molar-refractivity contribution in [2.24, 2.45) is 5.41 Å². The molecule has 1 aliphatic heterocycles. The standard InChI is InChI=1S/C18H26ClNO2/c1-3-7-18(14-21)8-4-9-20(13-18)10-11-22-17-6-5-15(2)12-16(17)19/h3,5-6,12,21H,1,4,7-11,13-14H2,2H3/t18-/m0/s1. The van der Waals surface area contributed by atoms with Crippen LogP contribution in [0.3, 0.4) is 0 Å². The summed E-state index contributed by atoms with van der Waals surface area (Å²) in [6.07, 6.45) is 4.96. The number of halogens is 1. The first-order chi connectivity index (χ1) is 10.6. The van der Waals surface area contributed by atoms with Gasteiger partial charge in [0.15, 0.2) is 0 Å². The van der Waals surface area contributed by atoms with Gasteiger partial charge in [0.05, 0.1) is 11.6 Å². The van der Waals surface area contributed by atoms with Crippen LogP contribution in [0.4, 0.5) is 0 Å². The normalized spacial score (nSPS) is 22.5. The van der Waals surface area contributed by atoms with Crippen molar-refractivity contribution in [3.63, 3.8) is 0 Å². The fourth-order valence-electron chi connectivity index (χ4n) is 3.18. The molecule has 1 aromatic carbocycles. The van der Waals surface area contributed by atoms with E-state index in [9.17, 15) is 5.11 Å². The molecule has 0 spiro atoms. The average molecular weight is 324 g/mol. The predicted molar refractivity (Wildman–Crippen MR) is 91.7 cm³/mol. The molecule has 1 atom stereocenters. The van der Waals surface area contributed by atoms with E-state index in [4.69, 9.17) is 16.3 Å². The smallest absolute Gasteiger partial charge is 0.137 e. The van der Waals surface area contributed by atoms with E-state index in [1.54, 1.807) is 0 Å². The summed E-state index contributed by atoms with van der Waals surface area (Å²) in [6, 6.07) is 5.84. The minimum Gasteiger partial charge on any atom is -0.491 e. The maximum atomic E-state index is 9.73. The predicted octanol–water partition coefficient (Wildman–Crippen LogP) is 3.68. The SMILES string of the molecule is C=CC[C@]1(CO)CCCN(CCOc2ccc(C)cc2Cl)C1. The van der Waals surface area contributed by atoms with Crippen molar-refractivity contribution in [3.8, 4) is 5.75 Å². The average Bonchev–Trinajstić information content (AvgIpc) is 2.50. The van der Waals surface area contributed by atoms with Gasteiger partial charge in [-0.1, -0.05) is 23.7 Å². The molecule has 0 unspecified atom stereocenters. The fourth-order valence-corrected chi connectivity index (χ4v) is 3.46. The zero-order chi connectivity index (χ0) is 16.0. The Morgan fingerprint density at radius 2 is 2.32 bits per heavy atom. The highest BCUT2D eigenvalue weighted by Crippen LogP contribution is 2.33. The first kappa shape index (κ1) is 17.3. The highest BCUT2D eigenvalue weighted by Gasteiger charge is 2.33. The van der Waals surface area contributed by atoms with E-state index in [1.807, 2.05) is 31.2 Å². The number of piperidine rings is 1. The molecule has 1 heterocycles. The van der Waals surface area contributed by atoms with Crippen LogP contribution in [0.15, 0.2) is 30.9 Å². The number of aryl methyl sites for hydroxylation is 1. The van der Waals surface area contributed by atoms with Gasteiger partial charge in [-0.3, -0.25) is 4.90 Å². The summed E-state index contributed by atoms with van der Waals surface area (Å²) in [5, 5.41) is 10.4. The van der Waals surface area contributed by atoms with Gasteiger partial charge >= 0.3 is 0 Å². The number of hydrogen-bond donors (Lipinski definition) is 1. The van der Waals surface area contributed by atoms with Crippen molar-refractivity contribution in [2.75, 3.05) is 32.8 Å². The second kappa shape index (κ2) is 8.00. The molecule has 22 heavy (non-hydrogen) atoms. The molecular formula is C18H26ClNO2. The van der Waals surface area contributed by atoms with Gasteiger partial charge in [0, 0.05) is 18.5 Å². The topological polar surface area (TPSA) is 32.7 Å². The Morgan fingerprint density at radius 1 is 1.50 bits per heavy atom. The summed E-state index contributed by atoms with van der Waals surface area (Å²) in [5.41, 5.74) is 1.10. The van der Waals surface area contributed by atoms with Crippen LogP contribution in [-0.2, 0) is 0 Å². The second-order valence-electron chi connectivity index (χ2n) is 6.31. The van der Waals surface area contributed by atoms with Crippen LogP contribution in [0.1, 0.15) is 24.8 Å². The Labute approximate surface area is 138 Å². The molecular weight excluding hydrogens is 298 g/mol. The number of aliphatic hydroxyl groups is 1. The van der Waals surface area contributed by atoms with Gasteiger partial charge in [-0.15, -0.1) is 6.58 Å². The van der Waals surface area contributed by atoms with E-state index >= 15 is 0 Å². The van der Waals surface area contributed by atoms with Crippen LogP contribution >= 0.6 is 11.6 Å². The molecule has 1 N–H and O–H groups in total. The van der Waals surface area contributed by atoms with Crippen molar-refractivity contribution in [1.82, 2.24) is 4.90 Å². The van der Waals surface area contributed by atoms with Gasteiger partial charge in [0.25, 0.3) is 0 Å². The lowest BCUT2D eigenvalue weighted by molar-refractivity contribution is 0.0291. The molecule has 1 saturated heterocycles. The minimum absolute atomic E-state index is 0.0263. The van der Waals surface area contributed by atoms with E-state index in [-0.39, 0.29) is 12.0 Å². The lowest BCUT2D eigenvalue weighted by Crippen LogP contribution is -2.46. The first-order valence-corrected chi connectivity index (χ1v) is 8.29. The Hall–Kier alpha value is -1.03. The summed E-state index contributed by atoms with van der Waals surface area (Å²) >= 11 is 6.18. The molecule has 3 nitrogen and oxygen atoms in total. The van der Waals surface area contributed by atoms with Crippen LogP contribution in [0.25, 0.3) is 0 Å². The lowest BCUT2D eigenvalue weighted by Gasteiger charge is -2.41. The maximum absolute atomic E-state index is 9.73. The zero-order valence-corrected chi connectivity index (χ0v) is 14.1. The van der Waals surface area contributed by atoms with Gasteiger partial charge in [-0.2, -0.15) is 0 Å². The van der Waals surface area contributed by atoms with Crippen LogP contribution in [0, 0.1) is 12.3 Å². The molecule has 0 aromatic heterocycles. The monoisotopic (exact) mass is 323 g/mol. The number of benzene rings is 1. The Balaban J connectivity index is 1.84. The number of rotatable bonds is 7. The quantitative estimate of drug-likeness (QED) is 0.777. The van der Waals surface area contributed by atoms with Crippen molar-refractivity contribution < 1.29 is 9.84 Å². The van der Waals surface area contributed by atoms with Crippen LogP contribution in [0.5, 0.6) is 5.75 Å². The molecule has 0 saturated carbocycles. The summed E-state index contributed by atoms with van der Waals surface area (Å²) in [4.78, 5) is 2.37. The number of hydrogen-bond acceptors (Lipinski definition) is 3. The third-order valence-corrected chi connectivity index (χ3v) is 4.70. The van der Waals surface area contributed by atoms with Gasteiger partial charge in [-0.25, -0.2) is 0 Å².